The minimum absolute atomic E-state index is 0.0906. The maximum absolute atomic E-state index is 12.8. The number of hydrogen-bond acceptors (Lipinski definition) is 12. The third-order valence-corrected chi connectivity index (χ3v) is 12.2. The number of allylic oxidation sites excluding steroid dienone is 6. The maximum Gasteiger partial charge on any atom is 0.472 e. The summed E-state index contributed by atoms with van der Waals surface area (Å²) in [7, 11) is -5.12. The molecule has 0 aromatic rings. The van der Waals surface area contributed by atoms with Gasteiger partial charge in [-0.1, -0.05) is 153 Å². The molecule has 13 nitrogen and oxygen atoms in total. The Balaban J connectivity index is 2.43. The third kappa shape index (κ3) is 30.3. The van der Waals surface area contributed by atoms with Crippen molar-refractivity contribution in [2.24, 2.45) is 0 Å². The molecule has 6 N–H and O–H groups in total. The predicted molar refractivity (Wildman–Crippen MR) is 244 cm³/mol. The molecule has 0 aromatic heterocycles. The van der Waals surface area contributed by atoms with Gasteiger partial charge in [-0.3, -0.25) is 18.6 Å². The second-order valence-electron chi connectivity index (χ2n) is 17.0. The highest BCUT2D eigenvalue weighted by molar-refractivity contribution is 7.47. The lowest BCUT2D eigenvalue weighted by atomic mass is 9.85. The summed E-state index contributed by atoms with van der Waals surface area (Å²) in [5.41, 5.74) is 0. The highest BCUT2D eigenvalue weighted by atomic mass is 31.2. The van der Waals surface area contributed by atoms with Crippen LogP contribution in [0, 0.1) is 0 Å². The third-order valence-electron chi connectivity index (χ3n) is 11.2. The molecule has 1 fully saturated rings. The number of rotatable bonds is 40. The lowest BCUT2D eigenvalue weighted by Gasteiger charge is -2.41. The molecule has 0 radical (unpaired) electrons. The van der Waals surface area contributed by atoms with E-state index in [1.54, 1.807) is 0 Å². The molecule has 8 atom stereocenters. The fraction of sp³-hybridized carbons (Fsp3) is 0.833. The van der Waals surface area contributed by atoms with Gasteiger partial charge in [-0.05, 0) is 70.6 Å². The number of unbranched alkanes of at least 4 members (excludes halogenated alkanes) is 22. The van der Waals surface area contributed by atoms with E-state index in [9.17, 15) is 44.6 Å². The number of hydrogen-bond donors (Lipinski definition) is 6. The van der Waals surface area contributed by atoms with E-state index >= 15 is 0 Å². The Morgan fingerprint density at radius 1 is 0.500 bits per heavy atom. The van der Waals surface area contributed by atoms with E-state index in [0.717, 1.165) is 77.0 Å². The molecule has 1 aliphatic rings. The van der Waals surface area contributed by atoms with Crippen molar-refractivity contribution in [2.45, 2.75) is 243 Å². The zero-order valence-electron chi connectivity index (χ0n) is 38.4. The Labute approximate surface area is 374 Å². The standard InChI is InChI=1S/C48H87O13P/c1-3-5-7-9-11-13-15-17-19-20-21-22-23-25-27-29-31-33-35-37-42(50)60-40(39-59-62(56,57)61-48-46(54)44(52)43(51)45(53)47(48)55)38-58-41(49)36-34-32-30-28-26-24-18-16-14-12-10-8-6-4-2/h11,13,16-19,40,43-48,51-55H,3-10,12,14-15,20-39H2,1-2H3,(H,56,57)/b13-11+,18-16+,19-17+/t40-,43?,44+,45?,46?,47?,48?/m1/s1. The van der Waals surface area contributed by atoms with Crippen molar-refractivity contribution in [3.05, 3.63) is 36.5 Å². The van der Waals surface area contributed by atoms with Crippen molar-refractivity contribution in [2.75, 3.05) is 13.2 Å². The monoisotopic (exact) mass is 903 g/mol. The Morgan fingerprint density at radius 3 is 1.35 bits per heavy atom. The van der Waals surface area contributed by atoms with Crippen molar-refractivity contribution in [1.29, 1.82) is 0 Å². The zero-order valence-corrected chi connectivity index (χ0v) is 39.3. The van der Waals surface area contributed by atoms with Gasteiger partial charge in [0.25, 0.3) is 0 Å². The van der Waals surface area contributed by atoms with Crippen LogP contribution in [0.15, 0.2) is 36.5 Å². The van der Waals surface area contributed by atoms with E-state index < -0.39 is 75.7 Å². The molecule has 0 bridgehead atoms. The molecule has 1 saturated carbocycles. The first kappa shape index (κ1) is 58.1. The maximum atomic E-state index is 12.8. The molecule has 1 aliphatic carbocycles. The van der Waals surface area contributed by atoms with Crippen LogP contribution in [0.5, 0.6) is 0 Å². The highest BCUT2D eigenvalue weighted by Gasteiger charge is 2.51. The number of phosphoric ester groups is 1. The lowest BCUT2D eigenvalue weighted by molar-refractivity contribution is -0.220. The molecule has 0 saturated heterocycles. The van der Waals surface area contributed by atoms with Crippen LogP contribution >= 0.6 is 7.82 Å². The topological polar surface area (TPSA) is 210 Å². The van der Waals surface area contributed by atoms with Gasteiger partial charge in [-0.15, -0.1) is 0 Å². The van der Waals surface area contributed by atoms with Crippen molar-refractivity contribution in [3.63, 3.8) is 0 Å². The lowest BCUT2D eigenvalue weighted by Crippen LogP contribution is -2.64. The van der Waals surface area contributed by atoms with Gasteiger partial charge < -0.3 is 39.9 Å². The second-order valence-corrected chi connectivity index (χ2v) is 18.4. The van der Waals surface area contributed by atoms with Crippen LogP contribution in [0.25, 0.3) is 0 Å². The fourth-order valence-electron chi connectivity index (χ4n) is 7.25. The van der Waals surface area contributed by atoms with Crippen molar-refractivity contribution in [3.8, 4) is 0 Å². The summed E-state index contributed by atoms with van der Waals surface area (Å²) >= 11 is 0. The molecule has 362 valence electrons. The van der Waals surface area contributed by atoms with Gasteiger partial charge in [-0.2, -0.15) is 0 Å². The summed E-state index contributed by atoms with van der Waals surface area (Å²) in [4.78, 5) is 35.7. The number of aliphatic hydroxyl groups excluding tert-OH is 5. The summed E-state index contributed by atoms with van der Waals surface area (Å²) in [6.07, 6.45) is 30.5. The smallest absolute Gasteiger partial charge is 0.462 e. The SMILES string of the molecule is CCCCC/C=C/C/C=C/CCCCCCCCCCCC(=O)O[C@H](COC(=O)CCCCCCC/C=C/CCCCCCC)COP(=O)(O)OC1C(O)C(O)C(O)[C@H](O)C1O. The van der Waals surface area contributed by atoms with E-state index in [1.165, 1.54) is 83.5 Å². The summed E-state index contributed by atoms with van der Waals surface area (Å²) < 4.78 is 33.6. The summed E-state index contributed by atoms with van der Waals surface area (Å²) in [5.74, 6) is -1.11. The van der Waals surface area contributed by atoms with E-state index in [4.69, 9.17) is 18.5 Å². The van der Waals surface area contributed by atoms with Gasteiger partial charge in [0.2, 0.25) is 0 Å². The quantitative estimate of drug-likeness (QED) is 0.0147. The normalized spacial score (nSPS) is 22.1. The van der Waals surface area contributed by atoms with Gasteiger partial charge in [0.05, 0.1) is 6.61 Å². The second kappa shape index (κ2) is 38.3. The van der Waals surface area contributed by atoms with Crippen molar-refractivity contribution >= 4 is 19.8 Å². The van der Waals surface area contributed by atoms with Crippen molar-refractivity contribution in [1.82, 2.24) is 0 Å². The molecule has 14 heteroatoms. The number of aliphatic hydroxyl groups is 5. The van der Waals surface area contributed by atoms with E-state index in [1.807, 2.05) is 0 Å². The number of carbonyl (C=O) groups is 2. The van der Waals surface area contributed by atoms with Crippen LogP contribution in [0.1, 0.15) is 200 Å². The van der Waals surface area contributed by atoms with Crippen LogP contribution < -0.4 is 0 Å². The molecule has 1 rings (SSSR count). The molecule has 0 aliphatic heterocycles. The van der Waals surface area contributed by atoms with Gasteiger partial charge >= 0.3 is 19.8 Å². The van der Waals surface area contributed by atoms with Gasteiger partial charge in [-0.25, -0.2) is 4.57 Å². The highest BCUT2D eigenvalue weighted by Crippen LogP contribution is 2.47. The van der Waals surface area contributed by atoms with E-state index in [0.29, 0.717) is 12.8 Å². The van der Waals surface area contributed by atoms with Gasteiger partial charge in [0.15, 0.2) is 6.10 Å². The van der Waals surface area contributed by atoms with Crippen LogP contribution in [-0.2, 0) is 32.7 Å². The van der Waals surface area contributed by atoms with Crippen LogP contribution in [0.2, 0.25) is 0 Å². The predicted octanol–water partition coefficient (Wildman–Crippen LogP) is 9.78. The largest absolute Gasteiger partial charge is 0.472 e. The number of carbonyl (C=O) groups excluding carboxylic acids is 2. The van der Waals surface area contributed by atoms with E-state index in [2.05, 4.69) is 50.3 Å². The van der Waals surface area contributed by atoms with Crippen LogP contribution in [0.3, 0.4) is 0 Å². The Hall–Kier alpha value is -1.93. The van der Waals surface area contributed by atoms with Gasteiger partial charge in [0, 0.05) is 12.8 Å². The number of esters is 2. The number of phosphoric acid groups is 1. The summed E-state index contributed by atoms with van der Waals surface area (Å²) in [6.45, 7) is 3.26. The Kier molecular flexibility index (Phi) is 35.9. The van der Waals surface area contributed by atoms with Crippen LogP contribution in [-0.4, -0.2) is 98.3 Å². The molecule has 6 unspecified atom stereocenters. The minimum atomic E-state index is -5.12. The first-order valence-electron chi connectivity index (χ1n) is 24.3. The number of ether oxygens (including phenoxy) is 2. The molecule has 62 heavy (non-hydrogen) atoms. The minimum Gasteiger partial charge on any atom is -0.462 e. The van der Waals surface area contributed by atoms with Gasteiger partial charge in [0.1, 0.15) is 43.2 Å². The van der Waals surface area contributed by atoms with Crippen molar-refractivity contribution < 1.29 is 63.1 Å². The summed E-state index contributed by atoms with van der Waals surface area (Å²) in [6, 6.07) is 0. The summed E-state index contributed by atoms with van der Waals surface area (Å²) in [5, 5.41) is 50.2. The molecule has 0 amide bonds. The average molecular weight is 903 g/mol. The first-order valence-corrected chi connectivity index (χ1v) is 25.8. The molecule has 0 heterocycles. The van der Waals surface area contributed by atoms with E-state index in [-0.39, 0.29) is 12.8 Å². The zero-order chi connectivity index (χ0) is 45.7. The van der Waals surface area contributed by atoms with Crippen LogP contribution in [0.4, 0.5) is 0 Å². The Bertz CT molecular complexity index is 1230. The molecule has 0 spiro atoms. The molecular weight excluding hydrogens is 815 g/mol. The average Bonchev–Trinajstić information content (AvgIpc) is 3.25. The molecule has 0 aromatic carbocycles. The first-order chi connectivity index (χ1) is 29.9. The fourth-order valence-corrected chi connectivity index (χ4v) is 8.23. The Morgan fingerprint density at radius 2 is 0.871 bits per heavy atom. The molecular formula is C48H87O13P.